The predicted octanol–water partition coefficient (Wildman–Crippen LogP) is 4.16. The van der Waals surface area contributed by atoms with Gasteiger partial charge in [0.2, 0.25) is 5.91 Å². The van der Waals surface area contributed by atoms with Crippen molar-refractivity contribution in [3.63, 3.8) is 0 Å². The molecule has 3 aromatic rings. The van der Waals surface area contributed by atoms with Crippen LogP contribution >= 0.6 is 24.0 Å². The van der Waals surface area contributed by atoms with Crippen LogP contribution in [0.4, 0.5) is 5.69 Å². The number of aryl methyl sites for hydroxylation is 2. The number of nitrogens with zero attached hydrogens (tertiary/aromatic N) is 1. The van der Waals surface area contributed by atoms with Gasteiger partial charge >= 0.3 is 0 Å². The third-order valence-electron chi connectivity index (χ3n) is 5.55. The number of benzene rings is 2. The van der Waals surface area contributed by atoms with Gasteiger partial charge in [0.05, 0.1) is 6.54 Å². The van der Waals surface area contributed by atoms with Crippen molar-refractivity contribution >= 4 is 52.4 Å². The predicted molar refractivity (Wildman–Crippen MR) is 145 cm³/mol. The molecule has 0 saturated heterocycles. The lowest BCUT2D eigenvalue weighted by Gasteiger charge is -2.18. The van der Waals surface area contributed by atoms with E-state index in [2.05, 4.69) is 59.2 Å². The topological polar surface area (TPSA) is 90.5 Å². The Kier molecular flexibility index (Phi) is 8.99. The number of aromatic nitrogens is 1. The van der Waals surface area contributed by atoms with Gasteiger partial charge in [-0.25, -0.2) is 0 Å². The number of aromatic amines is 1. The van der Waals surface area contributed by atoms with Crippen molar-refractivity contribution in [2.45, 2.75) is 33.1 Å². The lowest BCUT2D eigenvalue weighted by atomic mass is 10.0. The molecule has 2 heterocycles. The van der Waals surface area contributed by atoms with E-state index >= 15 is 0 Å². The van der Waals surface area contributed by atoms with E-state index in [0.717, 1.165) is 42.3 Å². The Bertz CT molecular complexity index is 1130. The molecule has 7 nitrogen and oxygen atoms in total. The smallest absolute Gasteiger partial charge is 0.224 e. The summed E-state index contributed by atoms with van der Waals surface area (Å²) in [4.78, 5) is 19.5. The van der Waals surface area contributed by atoms with E-state index in [-0.39, 0.29) is 29.9 Å². The van der Waals surface area contributed by atoms with Crippen LogP contribution in [0.15, 0.2) is 47.6 Å². The Hall–Kier alpha value is -2.75. The minimum atomic E-state index is 0. The first-order chi connectivity index (χ1) is 15.6. The molecule has 2 aromatic carbocycles. The van der Waals surface area contributed by atoms with E-state index in [1.165, 1.54) is 22.0 Å². The molecule has 176 valence electrons. The first-order valence-electron chi connectivity index (χ1n) is 11.3. The number of guanidine groups is 1. The Morgan fingerprint density at radius 2 is 2.03 bits per heavy atom. The molecule has 33 heavy (non-hydrogen) atoms. The summed E-state index contributed by atoms with van der Waals surface area (Å²) in [6, 6.07) is 12.3. The Balaban J connectivity index is 0.00000306. The number of ether oxygens (including phenoxy) is 1. The lowest BCUT2D eigenvalue weighted by Crippen LogP contribution is -2.39. The minimum absolute atomic E-state index is 0. The first kappa shape index (κ1) is 24.9. The summed E-state index contributed by atoms with van der Waals surface area (Å²) in [6.07, 6.45) is 4.24. The first-order valence-corrected chi connectivity index (χ1v) is 11.3. The number of amides is 1. The zero-order valence-corrected chi connectivity index (χ0v) is 21.5. The number of nitrogens with one attached hydrogen (secondary N) is 4. The van der Waals surface area contributed by atoms with Gasteiger partial charge in [0, 0.05) is 42.3 Å². The second-order valence-electron chi connectivity index (χ2n) is 8.02. The average Bonchev–Trinajstić information content (AvgIpc) is 3.18. The summed E-state index contributed by atoms with van der Waals surface area (Å²) in [5, 5.41) is 10.8. The Labute approximate surface area is 211 Å². The number of hydrogen-bond donors (Lipinski definition) is 4. The quantitative estimate of drug-likeness (QED) is 0.144. The number of carbonyl (C=O) groups is 1. The number of aliphatic imine (C=N–C) groups is 1. The van der Waals surface area contributed by atoms with E-state index < -0.39 is 0 Å². The van der Waals surface area contributed by atoms with Gasteiger partial charge in [-0.1, -0.05) is 12.1 Å². The minimum Gasteiger partial charge on any atom is -0.492 e. The van der Waals surface area contributed by atoms with Crippen LogP contribution in [-0.4, -0.2) is 43.1 Å². The van der Waals surface area contributed by atoms with Crippen molar-refractivity contribution < 1.29 is 9.53 Å². The Morgan fingerprint density at radius 3 is 2.88 bits per heavy atom. The summed E-state index contributed by atoms with van der Waals surface area (Å²) < 4.78 is 5.89. The summed E-state index contributed by atoms with van der Waals surface area (Å²) in [6.45, 7) is 6.83. The molecule has 4 N–H and O–H groups in total. The maximum atomic E-state index is 11.5. The summed E-state index contributed by atoms with van der Waals surface area (Å²) in [5.41, 5.74) is 5.73. The fraction of sp³-hybridized carbons (Fsp3) is 0.360. The highest BCUT2D eigenvalue weighted by atomic mass is 127. The van der Waals surface area contributed by atoms with Gasteiger partial charge in [0.15, 0.2) is 5.96 Å². The number of fused-ring (bicyclic) bond motifs is 2. The number of halogens is 1. The number of anilines is 1. The van der Waals surface area contributed by atoms with Gasteiger partial charge < -0.3 is 25.7 Å². The van der Waals surface area contributed by atoms with Gasteiger partial charge in [-0.15, -0.1) is 24.0 Å². The van der Waals surface area contributed by atoms with Gasteiger partial charge in [-0.2, -0.15) is 0 Å². The molecule has 1 aliphatic heterocycles. The van der Waals surface area contributed by atoms with Crippen molar-refractivity contribution in [3.05, 3.63) is 59.3 Å². The van der Waals surface area contributed by atoms with Gasteiger partial charge in [-0.3, -0.25) is 9.79 Å². The number of hydrogen-bond acceptors (Lipinski definition) is 3. The summed E-state index contributed by atoms with van der Waals surface area (Å²) in [7, 11) is 0. The number of rotatable bonds is 8. The van der Waals surface area contributed by atoms with Crippen LogP contribution in [0.25, 0.3) is 10.9 Å². The van der Waals surface area contributed by atoms with Crippen LogP contribution in [0, 0.1) is 6.92 Å². The highest BCUT2D eigenvalue weighted by molar-refractivity contribution is 14.0. The van der Waals surface area contributed by atoms with Crippen molar-refractivity contribution in [2.75, 3.05) is 31.6 Å². The molecule has 0 aliphatic carbocycles. The van der Waals surface area contributed by atoms with Crippen molar-refractivity contribution in [3.8, 4) is 5.75 Å². The largest absolute Gasteiger partial charge is 0.492 e. The van der Waals surface area contributed by atoms with Gasteiger partial charge in [0.25, 0.3) is 0 Å². The molecule has 0 unspecified atom stereocenters. The van der Waals surface area contributed by atoms with Crippen molar-refractivity contribution in [1.82, 2.24) is 15.6 Å². The third kappa shape index (κ3) is 6.63. The molecule has 0 fully saturated rings. The molecule has 1 aliphatic rings. The van der Waals surface area contributed by atoms with Crippen molar-refractivity contribution in [1.29, 1.82) is 0 Å². The van der Waals surface area contributed by atoms with E-state index in [4.69, 9.17) is 9.73 Å². The van der Waals surface area contributed by atoms with E-state index in [9.17, 15) is 4.79 Å². The molecule has 0 saturated carbocycles. The summed E-state index contributed by atoms with van der Waals surface area (Å²) in [5.74, 6) is 1.68. The lowest BCUT2D eigenvalue weighted by molar-refractivity contribution is -0.116. The maximum Gasteiger partial charge on any atom is 0.224 e. The van der Waals surface area contributed by atoms with E-state index in [1.807, 2.05) is 18.2 Å². The van der Waals surface area contributed by atoms with Crippen LogP contribution in [0.5, 0.6) is 5.75 Å². The molecule has 0 bridgehead atoms. The fourth-order valence-corrected chi connectivity index (χ4v) is 3.92. The second kappa shape index (κ2) is 11.9. The molecular formula is C25H32IN5O2. The van der Waals surface area contributed by atoms with Crippen molar-refractivity contribution in [2.24, 2.45) is 4.99 Å². The van der Waals surface area contributed by atoms with Crippen LogP contribution in [0.2, 0.25) is 0 Å². The van der Waals surface area contributed by atoms with Crippen LogP contribution < -0.4 is 20.7 Å². The fourth-order valence-electron chi connectivity index (χ4n) is 3.92. The highest BCUT2D eigenvalue weighted by Gasteiger charge is 2.15. The van der Waals surface area contributed by atoms with Crippen LogP contribution in [-0.2, 0) is 17.6 Å². The molecule has 0 atom stereocenters. The normalized spacial score (nSPS) is 13.2. The second-order valence-corrected chi connectivity index (χ2v) is 8.02. The van der Waals surface area contributed by atoms with Gasteiger partial charge in [-0.05, 0) is 67.6 Å². The molecule has 4 rings (SSSR count). The molecule has 8 heteroatoms. The molecule has 0 spiro atoms. The number of carbonyl (C=O) groups excluding carboxylic acids is 1. The van der Waals surface area contributed by atoms with E-state index in [0.29, 0.717) is 26.1 Å². The molecular weight excluding hydrogens is 529 g/mol. The monoisotopic (exact) mass is 561 g/mol. The maximum absolute atomic E-state index is 11.5. The average molecular weight is 561 g/mol. The zero-order chi connectivity index (χ0) is 22.3. The summed E-state index contributed by atoms with van der Waals surface area (Å²) >= 11 is 0. The highest BCUT2D eigenvalue weighted by Crippen LogP contribution is 2.26. The molecule has 1 aromatic heterocycles. The van der Waals surface area contributed by atoms with E-state index in [1.54, 1.807) is 0 Å². The zero-order valence-electron chi connectivity index (χ0n) is 19.2. The standard InChI is InChI=1S/C25H31N5O2.HI/c1-3-26-25(27-11-10-19-16-29-23-14-17(2)4-7-21(19)23)28-12-13-32-20-6-8-22-18(15-20)5-9-24(31)30-22;/h4,6-8,14-16,29H,3,5,9-13H2,1-2H3,(H,30,31)(H2,26,27,28);1H. The van der Waals surface area contributed by atoms with Crippen LogP contribution in [0.3, 0.4) is 0 Å². The third-order valence-corrected chi connectivity index (χ3v) is 5.55. The SMILES string of the molecule is CCNC(=NCCc1c[nH]c2cc(C)ccc12)NCCOc1ccc2c(c1)CCC(=O)N2.I. The van der Waals surface area contributed by atoms with Gasteiger partial charge in [0.1, 0.15) is 12.4 Å². The molecule has 0 radical (unpaired) electrons. The number of H-pyrrole nitrogens is 1. The molecule has 1 amide bonds. The Morgan fingerprint density at radius 1 is 1.15 bits per heavy atom. The van der Waals surface area contributed by atoms with Crippen LogP contribution in [0.1, 0.15) is 30.0 Å².